The van der Waals surface area contributed by atoms with Crippen molar-refractivity contribution < 1.29 is 0 Å². The molecule has 5 nitrogen and oxygen atoms in total. The number of anilines is 1. The van der Waals surface area contributed by atoms with Gasteiger partial charge in [0.25, 0.3) is 0 Å². The van der Waals surface area contributed by atoms with Crippen LogP contribution < -0.4 is 5.32 Å². The molecule has 1 aromatic carbocycles. The Balaban J connectivity index is 1.84. The van der Waals surface area contributed by atoms with Gasteiger partial charge in [-0.1, -0.05) is 34.1 Å². The van der Waals surface area contributed by atoms with E-state index in [4.69, 9.17) is 0 Å². The summed E-state index contributed by atoms with van der Waals surface area (Å²) in [4.78, 5) is 8.29. The molecule has 0 bridgehead atoms. The third-order valence-corrected chi connectivity index (χ3v) is 3.62. The van der Waals surface area contributed by atoms with Gasteiger partial charge < -0.3 is 5.32 Å². The van der Waals surface area contributed by atoms with Gasteiger partial charge in [0.1, 0.15) is 12.7 Å². The van der Waals surface area contributed by atoms with E-state index in [9.17, 15) is 0 Å². The van der Waals surface area contributed by atoms with Crippen molar-refractivity contribution in [3.8, 4) is 5.82 Å². The minimum atomic E-state index is 0.703. The number of nitrogens with one attached hydrogen (secondary N) is 1. The average molecular weight is 330 g/mol. The largest absolute Gasteiger partial charge is 0.378 e. The fraction of sp³-hybridized carbons (Fsp3) is 0.0714. The molecule has 0 aliphatic rings. The van der Waals surface area contributed by atoms with Crippen LogP contribution in [0.15, 0.2) is 59.7 Å². The number of hydrogen-bond donors (Lipinski definition) is 1. The molecule has 2 heterocycles. The van der Waals surface area contributed by atoms with Crippen LogP contribution in [0, 0.1) is 0 Å². The first kappa shape index (κ1) is 12.8. The van der Waals surface area contributed by atoms with Gasteiger partial charge in [-0.25, -0.2) is 14.6 Å². The van der Waals surface area contributed by atoms with Crippen LogP contribution >= 0.6 is 15.9 Å². The number of pyridine rings is 1. The Morgan fingerprint density at radius 1 is 1.15 bits per heavy atom. The Labute approximate surface area is 124 Å². The van der Waals surface area contributed by atoms with E-state index in [2.05, 4.69) is 42.4 Å². The zero-order valence-electron chi connectivity index (χ0n) is 10.6. The number of nitrogens with zero attached hydrogens (tertiary/aromatic N) is 4. The summed E-state index contributed by atoms with van der Waals surface area (Å²) in [6.45, 7) is 0.703. The van der Waals surface area contributed by atoms with Crippen LogP contribution in [0.25, 0.3) is 5.82 Å². The highest BCUT2D eigenvalue weighted by Gasteiger charge is 2.06. The summed E-state index contributed by atoms with van der Waals surface area (Å²) in [6.07, 6.45) is 4.86. The lowest BCUT2D eigenvalue weighted by atomic mass is 10.2. The highest BCUT2D eigenvalue weighted by atomic mass is 79.9. The fourth-order valence-corrected chi connectivity index (χ4v) is 2.29. The Morgan fingerprint density at radius 3 is 2.85 bits per heavy atom. The van der Waals surface area contributed by atoms with Gasteiger partial charge in [-0.05, 0) is 23.8 Å². The lowest BCUT2D eigenvalue weighted by molar-refractivity contribution is 0.844. The Kier molecular flexibility index (Phi) is 3.73. The quantitative estimate of drug-likeness (QED) is 0.799. The monoisotopic (exact) mass is 329 g/mol. The lowest BCUT2D eigenvalue weighted by Crippen LogP contribution is -2.06. The van der Waals surface area contributed by atoms with Crippen molar-refractivity contribution >= 4 is 21.6 Å². The first-order valence-electron chi connectivity index (χ1n) is 6.12. The van der Waals surface area contributed by atoms with Gasteiger partial charge in [0, 0.05) is 17.2 Å². The highest BCUT2D eigenvalue weighted by molar-refractivity contribution is 9.10. The van der Waals surface area contributed by atoms with Crippen molar-refractivity contribution in [1.29, 1.82) is 0 Å². The fourth-order valence-electron chi connectivity index (χ4n) is 1.87. The van der Waals surface area contributed by atoms with Crippen LogP contribution in [0.4, 0.5) is 5.69 Å². The minimum absolute atomic E-state index is 0.703. The molecule has 3 aromatic rings. The molecule has 20 heavy (non-hydrogen) atoms. The maximum absolute atomic E-state index is 4.34. The van der Waals surface area contributed by atoms with Gasteiger partial charge >= 0.3 is 0 Å². The standard InChI is InChI=1S/C14H12BrN5/c15-12-5-2-1-4-11(12)8-18-13-6-3-7-17-14(13)20-10-16-9-19-20/h1-7,9-10,18H,8H2. The van der Waals surface area contributed by atoms with Gasteiger partial charge in [-0.15, -0.1) is 0 Å². The molecule has 0 saturated heterocycles. The van der Waals surface area contributed by atoms with Crippen molar-refractivity contribution in [2.45, 2.75) is 6.54 Å². The van der Waals surface area contributed by atoms with E-state index in [-0.39, 0.29) is 0 Å². The average Bonchev–Trinajstić information content (AvgIpc) is 3.01. The Morgan fingerprint density at radius 2 is 2.05 bits per heavy atom. The molecule has 0 aliphatic carbocycles. The maximum Gasteiger partial charge on any atom is 0.178 e. The Hall–Kier alpha value is -2.21. The molecule has 6 heteroatoms. The molecular weight excluding hydrogens is 318 g/mol. The molecule has 3 rings (SSSR count). The second-order valence-corrected chi connectivity index (χ2v) is 5.01. The number of halogens is 1. The summed E-state index contributed by atoms with van der Waals surface area (Å²) in [7, 11) is 0. The third kappa shape index (κ3) is 2.70. The lowest BCUT2D eigenvalue weighted by Gasteiger charge is -2.11. The van der Waals surface area contributed by atoms with Crippen LogP contribution in [0.1, 0.15) is 5.56 Å². The van der Waals surface area contributed by atoms with Gasteiger partial charge in [0.15, 0.2) is 5.82 Å². The van der Waals surface area contributed by atoms with E-state index in [1.807, 2.05) is 30.3 Å². The molecule has 100 valence electrons. The predicted octanol–water partition coefficient (Wildman–Crippen LogP) is 3.04. The first-order valence-corrected chi connectivity index (χ1v) is 6.91. The molecule has 0 spiro atoms. The highest BCUT2D eigenvalue weighted by Crippen LogP contribution is 2.20. The van der Waals surface area contributed by atoms with E-state index in [0.29, 0.717) is 6.54 Å². The zero-order valence-corrected chi connectivity index (χ0v) is 12.2. The van der Waals surface area contributed by atoms with Crippen LogP contribution in [-0.4, -0.2) is 19.7 Å². The smallest absolute Gasteiger partial charge is 0.178 e. The summed E-state index contributed by atoms with van der Waals surface area (Å²) in [5, 5.41) is 7.49. The number of aromatic nitrogens is 4. The van der Waals surface area contributed by atoms with Crippen LogP contribution in [0.5, 0.6) is 0 Å². The van der Waals surface area contributed by atoms with Crippen LogP contribution in [0.2, 0.25) is 0 Å². The summed E-state index contributed by atoms with van der Waals surface area (Å²) in [6, 6.07) is 12.0. The molecule has 0 saturated carbocycles. The predicted molar refractivity (Wildman–Crippen MR) is 80.6 cm³/mol. The third-order valence-electron chi connectivity index (χ3n) is 2.85. The SMILES string of the molecule is Brc1ccccc1CNc1cccnc1-n1cncn1. The molecule has 2 aromatic heterocycles. The van der Waals surface area contributed by atoms with E-state index in [1.165, 1.54) is 11.9 Å². The van der Waals surface area contributed by atoms with Crippen molar-refractivity contribution in [3.05, 3.63) is 65.3 Å². The molecule has 0 aliphatic heterocycles. The summed E-state index contributed by atoms with van der Waals surface area (Å²) < 4.78 is 2.72. The van der Waals surface area contributed by atoms with E-state index >= 15 is 0 Å². The van der Waals surface area contributed by atoms with Gasteiger partial charge in [-0.3, -0.25) is 0 Å². The molecule has 0 radical (unpaired) electrons. The minimum Gasteiger partial charge on any atom is -0.378 e. The van der Waals surface area contributed by atoms with Gasteiger partial charge in [0.05, 0.1) is 5.69 Å². The first-order chi connectivity index (χ1) is 9.84. The number of benzene rings is 1. The molecular formula is C14H12BrN5. The summed E-state index contributed by atoms with van der Waals surface area (Å²) >= 11 is 3.54. The zero-order chi connectivity index (χ0) is 13.8. The van der Waals surface area contributed by atoms with Gasteiger partial charge in [-0.2, -0.15) is 5.10 Å². The number of hydrogen-bond acceptors (Lipinski definition) is 4. The van der Waals surface area contributed by atoms with Crippen LogP contribution in [-0.2, 0) is 6.54 Å². The van der Waals surface area contributed by atoms with Crippen molar-refractivity contribution in [1.82, 2.24) is 19.7 Å². The van der Waals surface area contributed by atoms with Gasteiger partial charge in [0.2, 0.25) is 0 Å². The number of rotatable bonds is 4. The molecule has 0 fully saturated rings. The second kappa shape index (κ2) is 5.83. The summed E-state index contributed by atoms with van der Waals surface area (Å²) in [5.74, 6) is 0.733. The van der Waals surface area contributed by atoms with E-state index in [1.54, 1.807) is 17.2 Å². The normalized spacial score (nSPS) is 10.4. The Bertz CT molecular complexity index is 696. The molecule has 1 N–H and O–H groups in total. The maximum atomic E-state index is 4.34. The molecule has 0 atom stereocenters. The van der Waals surface area contributed by atoms with Crippen molar-refractivity contribution in [2.24, 2.45) is 0 Å². The van der Waals surface area contributed by atoms with Crippen molar-refractivity contribution in [2.75, 3.05) is 5.32 Å². The molecule has 0 amide bonds. The van der Waals surface area contributed by atoms with Crippen molar-refractivity contribution in [3.63, 3.8) is 0 Å². The second-order valence-electron chi connectivity index (χ2n) is 4.16. The summed E-state index contributed by atoms with van der Waals surface area (Å²) in [5.41, 5.74) is 2.09. The van der Waals surface area contributed by atoms with E-state index < -0.39 is 0 Å². The van der Waals surface area contributed by atoms with Crippen LogP contribution in [0.3, 0.4) is 0 Å². The topological polar surface area (TPSA) is 55.6 Å². The van der Waals surface area contributed by atoms with E-state index in [0.717, 1.165) is 16.0 Å². The molecule has 0 unspecified atom stereocenters.